The Morgan fingerprint density at radius 1 is 1.17 bits per heavy atom. The number of rotatable bonds is 3. The molecule has 1 amide bonds. The van der Waals surface area contributed by atoms with Crippen molar-refractivity contribution in [3.63, 3.8) is 0 Å². The average molecular weight is 344 g/mol. The van der Waals surface area contributed by atoms with E-state index in [9.17, 15) is 4.79 Å². The van der Waals surface area contributed by atoms with E-state index in [0.29, 0.717) is 5.02 Å². The van der Waals surface area contributed by atoms with Crippen LogP contribution in [0.5, 0.6) is 0 Å². The van der Waals surface area contributed by atoms with Crippen LogP contribution < -0.4 is 0 Å². The Morgan fingerprint density at radius 3 is 2.57 bits per heavy atom. The van der Waals surface area contributed by atoms with E-state index in [1.54, 1.807) is 6.08 Å². The van der Waals surface area contributed by atoms with E-state index < -0.39 is 0 Å². The first-order valence-corrected chi connectivity index (χ1v) is 8.98. The van der Waals surface area contributed by atoms with E-state index in [4.69, 9.17) is 11.6 Å². The molecule has 0 aliphatic carbocycles. The zero-order chi connectivity index (χ0) is 16.2. The summed E-state index contributed by atoms with van der Waals surface area (Å²) in [5.74, 6) is 1.02. The summed E-state index contributed by atoms with van der Waals surface area (Å²) >= 11 is 7.69. The van der Waals surface area contributed by atoms with Gasteiger partial charge in [-0.3, -0.25) is 4.79 Å². The van der Waals surface area contributed by atoms with Crippen molar-refractivity contribution in [2.45, 2.75) is 12.3 Å². The monoisotopic (exact) mass is 343 g/mol. The topological polar surface area (TPSA) is 20.3 Å². The largest absolute Gasteiger partial charge is 0.322 e. The highest BCUT2D eigenvalue weighted by Gasteiger charge is 2.29. The molecule has 0 radical (unpaired) electrons. The zero-order valence-corrected chi connectivity index (χ0v) is 14.5. The smallest absolute Gasteiger partial charge is 0.247 e. The van der Waals surface area contributed by atoms with Crippen LogP contribution in [-0.4, -0.2) is 23.1 Å². The Hall–Kier alpha value is -1.71. The van der Waals surface area contributed by atoms with Crippen molar-refractivity contribution >= 4 is 35.3 Å². The Morgan fingerprint density at radius 2 is 1.87 bits per heavy atom. The summed E-state index contributed by atoms with van der Waals surface area (Å²) in [6.45, 7) is 2.86. The Bertz CT molecular complexity index is 709. The highest BCUT2D eigenvalue weighted by molar-refractivity contribution is 7.99. The number of aryl methyl sites for hydroxylation is 1. The van der Waals surface area contributed by atoms with Gasteiger partial charge in [0.25, 0.3) is 0 Å². The van der Waals surface area contributed by atoms with Crippen molar-refractivity contribution in [2.24, 2.45) is 0 Å². The molecule has 2 nitrogen and oxygen atoms in total. The number of amides is 1. The van der Waals surface area contributed by atoms with Crippen LogP contribution in [0.3, 0.4) is 0 Å². The van der Waals surface area contributed by atoms with Gasteiger partial charge in [0, 0.05) is 23.4 Å². The molecule has 0 N–H and O–H groups in total. The molecule has 0 aromatic heterocycles. The summed E-state index contributed by atoms with van der Waals surface area (Å²) in [5.41, 5.74) is 3.39. The van der Waals surface area contributed by atoms with Crippen LogP contribution in [0, 0.1) is 6.92 Å². The van der Waals surface area contributed by atoms with Gasteiger partial charge in [-0.2, -0.15) is 0 Å². The van der Waals surface area contributed by atoms with Crippen molar-refractivity contribution in [1.82, 2.24) is 4.90 Å². The second-order valence-electron chi connectivity index (χ2n) is 5.55. The van der Waals surface area contributed by atoms with E-state index in [1.807, 2.05) is 47.0 Å². The molecule has 1 saturated heterocycles. The Kier molecular flexibility index (Phi) is 5.09. The number of carbonyl (C=O) groups is 1. The average Bonchev–Trinajstić information content (AvgIpc) is 3.04. The maximum atomic E-state index is 12.5. The molecule has 1 heterocycles. The lowest BCUT2D eigenvalue weighted by Gasteiger charge is -2.23. The van der Waals surface area contributed by atoms with Gasteiger partial charge in [-0.15, -0.1) is 11.8 Å². The van der Waals surface area contributed by atoms with Gasteiger partial charge in [-0.25, -0.2) is 0 Å². The lowest BCUT2D eigenvalue weighted by Crippen LogP contribution is -2.28. The maximum absolute atomic E-state index is 12.5. The Balaban J connectivity index is 1.73. The third-order valence-corrected chi connectivity index (χ3v) is 5.34. The lowest BCUT2D eigenvalue weighted by atomic mass is 10.1. The molecule has 0 spiro atoms. The fourth-order valence-electron chi connectivity index (χ4n) is 2.54. The van der Waals surface area contributed by atoms with Gasteiger partial charge in [0.05, 0.1) is 0 Å². The Labute approximate surface area is 146 Å². The summed E-state index contributed by atoms with van der Waals surface area (Å²) in [6, 6.07) is 15.9. The normalized spacial score (nSPS) is 17.8. The summed E-state index contributed by atoms with van der Waals surface area (Å²) in [4.78, 5) is 14.5. The molecule has 118 valence electrons. The van der Waals surface area contributed by atoms with Gasteiger partial charge >= 0.3 is 0 Å². The SMILES string of the molecule is Cc1ccc(C2SCCN2C(=O)/C=C/c2ccc(Cl)cc2)cc1. The van der Waals surface area contributed by atoms with Crippen LogP contribution in [0.25, 0.3) is 6.08 Å². The predicted molar refractivity (Wildman–Crippen MR) is 98.6 cm³/mol. The minimum absolute atomic E-state index is 0.0514. The van der Waals surface area contributed by atoms with Crippen molar-refractivity contribution in [1.29, 1.82) is 0 Å². The first kappa shape index (κ1) is 16.2. The van der Waals surface area contributed by atoms with Crippen molar-refractivity contribution < 1.29 is 4.79 Å². The standard InChI is InChI=1S/C19H18ClNOS/c1-14-2-7-16(8-3-14)19-21(12-13-23-19)18(22)11-6-15-4-9-17(20)10-5-15/h2-11,19H,12-13H2,1H3/b11-6+. The number of carbonyl (C=O) groups excluding carboxylic acids is 1. The molecule has 2 aromatic carbocycles. The molecule has 0 bridgehead atoms. The first-order valence-electron chi connectivity index (χ1n) is 7.56. The van der Waals surface area contributed by atoms with Gasteiger partial charge in [0.1, 0.15) is 5.37 Å². The van der Waals surface area contributed by atoms with Crippen LogP contribution in [-0.2, 0) is 4.79 Å². The molecule has 1 aliphatic heterocycles. The molecule has 1 atom stereocenters. The summed E-state index contributed by atoms with van der Waals surface area (Å²) in [7, 11) is 0. The second-order valence-corrected chi connectivity index (χ2v) is 7.17. The van der Waals surface area contributed by atoms with E-state index in [-0.39, 0.29) is 11.3 Å². The fourth-order valence-corrected chi connectivity index (χ4v) is 3.93. The molecule has 23 heavy (non-hydrogen) atoms. The summed E-state index contributed by atoms with van der Waals surface area (Å²) < 4.78 is 0. The number of hydrogen-bond acceptors (Lipinski definition) is 2. The highest BCUT2D eigenvalue weighted by atomic mass is 35.5. The number of thioether (sulfide) groups is 1. The van der Waals surface area contributed by atoms with Crippen molar-refractivity contribution in [2.75, 3.05) is 12.3 Å². The number of hydrogen-bond donors (Lipinski definition) is 0. The van der Waals surface area contributed by atoms with Crippen LogP contribution in [0.4, 0.5) is 0 Å². The van der Waals surface area contributed by atoms with Crippen molar-refractivity contribution in [3.8, 4) is 0 Å². The van der Waals surface area contributed by atoms with E-state index >= 15 is 0 Å². The minimum atomic E-state index is 0.0514. The minimum Gasteiger partial charge on any atom is -0.322 e. The first-order chi connectivity index (χ1) is 11.1. The highest BCUT2D eigenvalue weighted by Crippen LogP contribution is 2.38. The van der Waals surface area contributed by atoms with E-state index in [2.05, 4.69) is 31.2 Å². The maximum Gasteiger partial charge on any atom is 0.247 e. The molecule has 2 aromatic rings. The van der Waals surface area contributed by atoms with Crippen LogP contribution in [0.15, 0.2) is 54.6 Å². The molecule has 0 saturated carbocycles. The summed E-state index contributed by atoms with van der Waals surface area (Å²) in [5, 5.41) is 0.807. The van der Waals surface area contributed by atoms with Gasteiger partial charge < -0.3 is 4.90 Å². The molecule has 3 rings (SSSR count). The van der Waals surface area contributed by atoms with Gasteiger partial charge in [0.2, 0.25) is 5.91 Å². The molecular formula is C19H18ClNOS. The molecular weight excluding hydrogens is 326 g/mol. The fraction of sp³-hybridized carbons (Fsp3) is 0.211. The second kappa shape index (κ2) is 7.24. The van der Waals surface area contributed by atoms with E-state index in [1.165, 1.54) is 11.1 Å². The molecule has 4 heteroatoms. The third kappa shape index (κ3) is 3.98. The lowest BCUT2D eigenvalue weighted by molar-refractivity contribution is -0.126. The quantitative estimate of drug-likeness (QED) is 0.736. The number of nitrogens with zero attached hydrogens (tertiary/aromatic N) is 1. The van der Waals surface area contributed by atoms with Gasteiger partial charge in [-0.05, 0) is 36.3 Å². The molecule has 1 aliphatic rings. The third-order valence-electron chi connectivity index (χ3n) is 3.82. The zero-order valence-electron chi connectivity index (χ0n) is 12.9. The van der Waals surface area contributed by atoms with E-state index in [0.717, 1.165) is 17.9 Å². The number of halogens is 1. The van der Waals surface area contributed by atoms with Crippen LogP contribution >= 0.6 is 23.4 Å². The van der Waals surface area contributed by atoms with Gasteiger partial charge in [0.15, 0.2) is 0 Å². The van der Waals surface area contributed by atoms with Crippen LogP contribution in [0.2, 0.25) is 5.02 Å². The summed E-state index contributed by atoms with van der Waals surface area (Å²) in [6.07, 6.45) is 3.49. The number of benzene rings is 2. The predicted octanol–water partition coefficient (Wildman–Crippen LogP) is 4.94. The molecule has 1 unspecified atom stereocenters. The van der Waals surface area contributed by atoms with Crippen molar-refractivity contribution in [3.05, 3.63) is 76.3 Å². The van der Waals surface area contributed by atoms with Gasteiger partial charge in [-0.1, -0.05) is 53.6 Å². The van der Waals surface area contributed by atoms with Crippen LogP contribution in [0.1, 0.15) is 22.1 Å². The molecule has 1 fully saturated rings.